The number of halogens is 1. The van der Waals surface area contributed by atoms with Crippen molar-refractivity contribution in [2.75, 3.05) is 17.7 Å². The van der Waals surface area contributed by atoms with Crippen molar-refractivity contribution in [3.63, 3.8) is 0 Å². The zero-order chi connectivity index (χ0) is 22.7. The maximum absolute atomic E-state index is 13.4. The second-order valence-corrected chi connectivity index (χ2v) is 7.63. The Hall–Kier alpha value is -4.05. The molecule has 10 heteroatoms. The van der Waals surface area contributed by atoms with Crippen molar-refractivity contribution in [3.8, 4) is 16.3 Å². The minimum atomic E-state index is -0.514. The summed E-state index contributed by atoms with van der Waals surface area (Å²) in [5, 5.41) is 11.9. The monoisotopic (exact) mass is 451 g/mol. The van der Waals surface area contributed by atoms with E-state index >= 15 is 0 Å². The first kappa shape index (κ1) is 21.2. The van der Waals surface area contributed by atoms with Gasteiger partial charge in [0.25, 0.3) is 11.8 Å². The molecule has 2 aromatic heterocycles. The minimum absolute atomic E-state index is 0.159. The second-order valence-electron chi connectivity index (χ2n) is 6.77. The van der Waals surface area contributed by atoms with Crippen molar-refractivity contribution < 1.29 is 18.7 Å². The summed E-state index contributed by atoms with van der Waals surface area (Å²) in [5.74, 6) is -1.03. The normalized spacial score (nSPS) is 10.6. The Balaban J connectivity index is 1.51. The Labute approximate surface area is 186 Å². The summed E-state index contributed by atoms with van der Waals surface area (Å²) in [6, 6.07) is 10.1. The standard InChI is InChI=1S/C22H18FN5O3S/c1-28-11-14(10-24-28)22-27-18(12-32-22)21(30)25-16-6-7-19(31-2)17(9-16)26-20(29)13-4-3-5-15(23)8-13/h3-12H,1-2H3,(H,25,30)(H,26,29). The van der Waals surface area contributed by atoms with Gasteiger partial charge in [0, 0.05) is 35.4 Å². The van der Waals surface area contributed by atoms with E-state index in [4.69, 9.17) is 4.74 Å². The van der Waals surface area contributed by atoms with E-state index in [1.807, 2.05) is 6.20 Å². The lowest BCUT2D eigenvalue weighted by Gasteiger charge is -2.12. The van der Waals surface area contributed by atoms with Crippen LogP contribution in [0.5, 0.6) is 5.75 Å². The number of methoxy groups -OCH3 is 1. The van der Waals surface area contributed by atoms with Gasteiger partial charge in [-0.1, -0.05) is 6.07 Å². The molecule has 0 aliphatic carbocycles. The molecule has 4 aromatic rings. The topological polar surface area (TPSA) is 98.1 Å². The van der Waals surface area contributed by atoms with Crippen LogP contribution in [-0.2, 0) is 7.05 Å². The fraction of sp³-hybridized carbons (Fsp3) is 0.0909. The first-order valence-corrected chi connectivity index (χ1v) is 10.3. The zero-order valence-corrected chi connectivity index (χ0v) is 17.9. The molecular formula is C22H18FN5O3S. The van der Waals surface area contributed by atoms with Crippen LogP contribution in [-0.4, -0.2) is 33.7 Å². The quantitative estimate of drug-likeness (QED) is 0.458. The largest absolute Gasteiger partial charge is 0.495 e. The molecule has 2 N–H and O–H groups in total. The molecule has 0 atom stereocenters. The van der Waals surface area contributed by atoms with Gasteiger partial charge in [-0.15, -0.1) is 11.3 Å². The number of ether oxygens (including phenoxy) is 1. The molecule has 2 amide bonds. The predicted molar refractivity (Wildman–Crippen MR) is 120 cm³/mol. The lowest BCUT2D eigenvalue weighted by atomic mass is 10.2. The summed E-state index contributed by atoms with van der Waals surface area (Å²) < 4.78 is 20.4. The number of nitrogens with zero attached hydrogens (tertiary/aromatic N) is 3. The van der Waals surface area contributed by atoms with E-state index in [0.717, 1.165) is 11.6 Å². The molecule has 0 fully saturated rings. The third-order valence-electron chi connectivity index (χ3n) is 4.48. The van der Waals surface area contributed by atoms with Gasteiger partial charge >= 0.3 is 0 Å². The molecular weight excluding hydrogens is 433 g/mol. The summed E-state index contributed by atoms with van der Waals surface area (Å²) in [5.41, 5.74) is 2.00. The van der Waals surface area contributed by atoms with Crippen molar-refractivity contribution >= 4 is 34.5 Å². The molecule has 4 rings (SSSR count). The van der Waals surface area contributed by atoms with Gasteiger partial charge in [0.05, 0.1) is 19.0 Å². The van der Waals surface area contributed by atoms with Crippen LogP contribution in [0.15, 0.2) is 60.2 Å². The number of amides is 2. The summed E-state index contributed by atoms with van der Waals surface area (Å²) in [6.07, 6.45) is 3.50. The van der Waals surface area contributed by atoms with Crippen LogP contribution in [0.25, 0.3) is 10.6 Å². The van der Waals surface area contributed by atoms with Crippen LogP contribution in [0.2, 0.25) is 0 Å². The van der Waals surface area contributed by atoms with E-state index in [1.165, 1.54) is 36.6 Å². The van der Waals surface area contributed by atoms with Crippen LogP contribution < -0.4 is 15.4 Å². The maximum atomic E-state index is 13.4. The molecule has 0 aliphatic heterocycles. The Morgan fingerprint density at radius 2 is 1.97 bits per heavy atom. The average molecular weight is 451 g/mol. The SMILES string of the molecule is COc1ccc(NC(=O)c2csc(-c3cnn(C)c3)n2)cc1NC(=O)c1cccc(F)c1. The van der Waals surface area contributed by atoms with E-state index in [9.17, 15) is 14.0 Å². The van der Waals surface area contributed by atoms with Gasteiger partial charge in [0.1, 0.15) is 22.3 Å². The second kappa shape index (κ2) is 8.98. The number of carbonyl (C=O) groups is 2. The number of aromatic nitrogens is 3. The predicted octanol–water partition coefficient (Wildman–Crippen LogP) is 4.20. The van der Waals surface area contributed by atoms with Crippen LogP contribution in [0.1, 0.15) is 20.8 Å². The van der Waals surface area contributed by atoms with Crippen molar-refractivity contribution in [3.05, 3.63) is 77.3 Å². The van der Waals surface area contributed by atoms with E-state index in [0.29, 0.717) is 22.1 Å². The van der Waals surface area contributed by atoms with E-state index in [2.05, 4.69) is 20.7 Å². The number of hydrogen-bond acceptors (Lipinski definition) is 6. The lowest BCUT2D eigenvalue weighted by Crippen LogP contribution is -2.15. The van der Waals surface area contributed by atoms with Gasteiger partial charge in [0.2, 0.25) is 0 Å². The number of rotatable bonds is 6. The van der Waals surface area contributed by atoms with Crippen LogP contribution in [0, 0.1) is 5.82 Å². The molecule has 162 valence electrons. The third kappa shape index (κ3) is 4.65. The number of anilines is 2. The van der Waals surface area contributed by atoms with Gasteiger partial charge in [-0.3, -0.25) is 14.3 Å². The molecule has 2 heterocycles. The number of thiazole rings is 1. The highest BCUT2D eigenvalue weighted by Gasteiger charge is 2.15. The summed E-state index contributed by atoms with van der Waals surface area (Å²) in [4.78, 5) is 29.5. The zero-order valence-electron chi connectivity index (χ0n) is 17.1. The summed E-state index contributed by atoms with van der Waals surface area (Å²) in [6.45, 7) is 0. The van der Waals surface area contributed by atoms with E-state index in [1.54, 1.807) is 41.5 Å². The molecule has 32 heavy (non-hydrogen) atoms. The highest BCUT2D eigenvalue weighted by atomic mass is 32.1. The van der Waals surface area contributed by atoms with Crippen LogP contribution in [0.3, 0.4) is 0 Å². The maximum Gasteiger partial charge on any atom is 0.275 e. The average Bonchev–Trinajstić information content (AvgIpc) is 3.43. The van der Waals surface area contributed by atoms with Gasteiger partial charge in [-0.25, -0.2) is 9.37 Å². The first-order chi connectivity index (χ1) is 15.4. The molecule has 0 saturated heterocycles. The molecule has 8 nitrogen and oxygen atoms in total. The first-order valence-electron chi connectivity index (χ1n) is 9.44. The van der Waals surface area contributed by atoms with Crippen molar-refractivity contribution in [2.45, 2.75) is 0 Å². The van der Waals surface area contributed by atoms with Crippen molar-refractivity contribution in [2.24, 2.45) is 7.05 Å². The highest BCUT2D eigenvalue weighted by molar-refractivity contribution is 7.13. The summed E-state index contributed by atoms with van der Waals surface area (Å²) in [7, 11) is 3.26. The molecule has 0 unspecified atom stereocenters. The van der Waals surface area contributed by atoms with Gasteiger partial charge in [-0.2, -0.15) is 5.10 Å². The Bertz CT molecular complexity index is 1300. The molecule has 0 aliphatic rings. The Morgan fingerprint density at radius 3 is 2.69 bits per heavy atom. The summed E-state index contributed by atoms with van der Waals surface area (Å²) >= 11 is 1.34. The molecule has 0 spiro atoms. The fourth-order valence-corrected chi connectivity index (χ4v) is 3.72. The molecule has 0 radical (unpaired) electrons. The number of carbonyl (C=O) groups excluding carboxylic acids is 2. The Kier molecular flexibility index (Phi) is 5.95. The van der Waals surface area contributed by atoms with Gasteiger partial charge in [-0.05, 0) is 36.4 Å². The van der Waals surface area contributed by atoms with Gasteiger partial charge < -0.3 is 15.4 Å². The minimum Gasteiger partial charge on any atom is -0.495 e. The van der Waals surface area contributed by atoms with Crippen LogP contribution >= 0.6 is 11.3 Å². The third-order valence-corrected chi connectivity index (χ3v) is 5.37. The Morgan fingerprint density at radius 1 is 1.12 bits per heavy atom. The fourth-order valence-electron chi connectivity index (χ4n) is 2.95. The lowest BCUT2D eigenvalue weighted by molar-refractivity contribution is 0.101. The van der Waals surface area contributed by atoms with Crippen LogP contribution in [0.4, 0.5) is 15.8 Å². The van der Waals surface area contributed by atoms with E-state index < -0.39 is 17.6 Å². The van der Waals surface area contributed by atoms with Crippen molar-refractivity contribution in [1.29, 1.82) is 0 Å². The number of benzene rings is 2. The molecule has 0 saturated carbocycles. The number of nitrogens with one attached hydrogen (secondary N) is 2. The highest BCUT2D eigenvalue weighted by Crippen LogP contribution is 2.29. The van der Waals surface area contributed by atoms with Crippen molar-refractivity contribution in [1.82, 2.24) is 14.8 Å². The van der Waals surface area contributed by atoms with Gasteiger partial charge in [0.15, 0.2) is 0 Å². The number of hydrogen-bond donors (Lipinski definition) is 2. The smallest absolute Gasteiger partial charge is 0.275 e. The number of aryl methyl sites for hydroxylation is 1. The molecule has 2 aromatic carbocycles. The van der Waals surface area contributed by atoms with E-state index in [-0.39, 0.29) is 11.3 Å². The molecule has 0 bridgehead atoms.